The summed E-state index contributed by atoms with van der Waals surface area (Å²) in [6, 6.07) is 10.2. The van der Waals surface area contributed by atoms with Crippen molar-refractivity contribution in [2.24, 2.45) is 5.73 Å². The minimum absolute atomic E-state index is 0. The Labute approximate surface area is 153 Å². The average molecular weight is 372 g/mol. The summed E-state index contributed by atoms with van der Waals surface area (Å²) in [7, 11) is -2.84. The number of unbranched alkanes of at least 4 members (excludes halogenated alkanes) is 3. The van der Waals surface area contributed by atoms with Crippen molar-refractivity contribution < 1.29 is 13.3 Å². The van der Waals surface area contributed by atoms with Crippen molar-refractivity contribution in [3.63, 3.8) is 0 Å². The first-order valence-electron chi connectivity index (χ1n) is 8.96. The summed E-state index contributed by atoms with van der Waals surface area (Å²) in [4.78, 5) is 0. The quantitative estimate of drug-likeness (QED) is 0.400. The summed E-state index contributed by atoms with van der Waals surface area (Å²) in [5.41, 5.74) is 5.58. The van der Waals surface area contributed by atoms with Crippen molar-refractivity contribution >= 4 is 25.0 Å². The number of rotatable bonds is 14. The molecule has 2 N–H and O–H groups in total. The lowest BCUT2D eigenvalue weighted by Gasteiger charge is -2.30. The maximum atomic E-state index is 6.25. The van der Waals surface area contributed by atoms with Gasteiger partial charge in [0, 0.05) is 25.0 Å². The van der Waals surface area contributed by atoms with Crippen LogP contribution < -0.4 is 10.9 Å². The smallest absolute Gasteiger partial charge is 0.370 e. The Morgan fingerprint density at radius 3 is 1.75 bits per heavy atom. The van der Waals surface area contributed by atoms with Gasteiger partial charge in [-0.05, 0) is 43.2 Å². The average Bonchev–Trinajstić information content (AvgIpc) is 2.59. The van der Waals surface area contributed by atoms with Crippen molar-refractivity contribution in [3.8, 4) is 0 Å². The van der Waals surface area contributed by atoms with Gasteiger partial charge >= 0.3 is 8.80 Å². The first kappa shape index (κ1) is 23.5. The molecule has 0 fully saturated rings. The highest BCUT2D eigenvalue weighted by molar-refractivity contribution is 6.75. The minimum atomic E-state index is -2.84. The molecule has 0 saturated heterocycles. The third-order valence-corrected chi connectivity index (χ3v) is 6.39. The molecule has 0 aliphatic heterocycles. The summed E-state index contributed by atoms with van der Waals surface area (Å²) in [6.45, 7) is 7.01. The zero-order chi connectivity index (χ0) is 16.8. The lowest BCUT2D eigenvalue weighted by Crippen LogP contribution is -2.57. The molecular formula is C18H37NO3Si2. The molecule has 1 rings (SSSR count). The van der Waals surface area contributed by atoms with Gasteiger partial charge in [-0.1, -0.05) is 57.0 Å². The second-order valence-electron chi connectivity index (χ2n) is 5.67. The Hall–Kier alpha value is -0.506. The van der Waals surface area contributed by atoms with Crippen LogP contribution in [0.3, 0.4) is 0 Å². The van der Waals surface area contributed by atoms with Gasteiger partial charge in [-0.25, -0.2) is 0 Å². The van der Waals surface area contributed by atoms with E-state index in [1.165, 1.54) is 0 Å². The third kappa shape index (κ3) is 8.55. The normalized spacial score (nSPS) is 11.3. The van der Waals surface area contributed by atoms with Crippen LogP contribution in [0, 0.1) is 0 Å². The SMILES string of the molecule is CCCCO[Si](OCCCC)(OCCCCN)c1ccccc1.[SiH4]. The molecule has 0 amide bonds. The summed E-state index contributed by atoms with van der Waals surface area (Å²) in [6.07, 6.45) is 6.13. The van der Waals surface area contributed by atoms with Crippen molar-refractivity contribution in [1.29, 1.82) is 0 Å². The predicted molar refractivity (Wildman–Crippen MR) is 109 cm³/mol. The van der Waals surface area contributed by atoms with E-state index >= 15 is 0 Å². The van der Waals surface area contributed by atoms with Crippen LogP contribution in [0.4, 0.5) is 0 Å². The Kier molecular flexibility index (Phi) is 14.5. The van der Waals surface area contributed by atoms with Crippen LogP contribution in [0.5, 0.6) is 0 Å². The van der Waals surface area contributed by atoms with Gasteiger partial charge in [-0.15, -0.1) is 0 Å². The van der Waals surface area contributed by atoms with Gasteiger partial charge < -0.3 is 19.0 Å². The summed E-state index contributed by atoms with van der Waals surface area (Å²) in [5.74, 6) is 0. The molecule has 0 aliphatic carbocycles. The fourth-order valence-corrected chi connectivity index (χ4v) is 4.76. The van der Waals surface area contributed by atoms with Crippen LogP contribution in [-0.2, 0) is 13.3 Å². The predicted octanol–water partition coefficient (Wildman–Crippen LogP) is 1.77. The van der Waals surface area contributed by atoms with Crippen LogP contribution in [0.15, 0.2) is 30.3 Å². The lowest BCUT2D eigenvalue weighted by atomic mass is 10.3. The Balaban J connectivity index is 0.00000529. The topological polar surface area (TPSA) is 53.7 Å². The number of benzene rings is 1. The number of hydrogen-bond donors (Lipinski definition) is 1. The highest BCUT2D eigenvalue weighted by Crippen LogP contribution is 2.14. The molecule has 0 heterocycles. The molecule has 6 heteroatoms. The van der Waals surface area contributed by atoms with Gasteiger partial charge in [0.2, 0.25) is 0 Å². The summed E-state index contributed by atoms with van der Waals surface area (Å²) >= 11 is 0. The maximum absolute atomic E-state index is 6.25. The van der Waals surface area contributed by atoms with E-state index in [-0.39, 0.29) is 11.0 Å². The van der Waals surface area contributed by atoms with Crippen LogP contribution in [0.1, 0.15) is 52.4 Å². The largest absolute Gasteiger partial charge is 0.537 e. The van der Waals surface area contributed by atoms with Crippen LogP contribution in [-0.4, -0.2) is 46.1 Å². The van der Waals surface area contributed by atoms with E-state index in [1.54, 1.807) is 0 Å². The van der Waals surface area contributed by atoms with E-state index in [0.29, 0.717) is 26.4 Å². The number of nitrogens with two attached hydrogens (primary N) is 1. The molecule has 0 spiro atoms. The van der Waals surface area contributed by atoms with E-state index in [4.69, 9.17) is 19.0 Å². The van der Waals surface area contributed by atoms with Crippen LogP contribution in [0.25, 0.3) is 0 Å². The van der Waals surface area contributed by atoms with Crippen LogP contribution in [0.2, 0.25) is 0 Å². The van der Waals surface area contributed by atoms with Crippen molar-refractivity contribution in [2.75, 3.05) is 26.4 Å². The fourth-order valence-electron chi connectivity index (χ4n) is 2.17. The summed E-state index contributed by atoms with van der Waals surface area (Å²) < 4.78 is 18.7. The molecule has 0 radical (unpaired) electrons. The van der Waals surface area contributed by atoms with Gasteiger partial charge in [-0.2, -0.15) is 0 Å². The van der Waals surface area contributed by atoms with Crippen molar-refractivity contribution in [2.45, 2.75) is 52.4 Å². The molecule has 4 nitrogen and oxygen atoms in total. The van der Waals surface area contributed by atoms with E-state index < -0.39 is 8.80 Å². The van der Waals surface area contributed by atoms with Gasteiger partial charge in [0.05, 0.1) is 0 Å². The third-order valence-electron chi connectivity index (χ3n) is 3.60. The second-order valence-corrected chi connectivity index (χ2v) is 8.23. The molecule has 0 bridgehead atoms. The van der Waals surface area contributed by atoms with Gasteiger partial charge in [0.15, 0.2) is 0 Å². The molecule has 140 valence electrons. The fraction of sp³-hybridized carbons (Fsp3) is 0.667. The molecule has 1 aromatic carbocycles. The molecule has 1 aromatic rings. The highest BCUT2D eigenvalue weighted by atomic mass is 28.4. The molecule has 0 atom stereocenters. The maximum Gasteiger partial charge on any atom is 0.537 e. The van der Waals surface area contributed by atoms with Crippen molar-refractivity contribution in [1.82, 2.24) is 0 Å². The monoisotopic (exact) mass is 371 g/mol. The molecule has 0 aliphatic rings. The summed E-state index contributed by atoms with van der Waals surface area (Å²) in [5, 5.41) is 1.06. The number of hydrogen-bond acceptors (Lipinski definition) is 4. The first-order chi connectivity index (χ1) is 11.3. The Morgan fingerprint density at radius 1 is 0.792 bits per heavy atom. The van der Waals surface area contributed by atoms with Crippen LogP contribution >= 0.6 is 0 Å². The van der Waals surface area contributed by atoms with E-state index in [2.05, 4.69) is 26.0 Å². The zero-order valence-electron chi connectivity index (χ0n) is 14.8. The molecule has 0 unspecified atom stereocenters. The molecule has 24 heavy (non-hydrogen) atoms. The van der Waals surface area contributed by atoms with E-state index in [1.807, 2.05) is 18.2 Å². The highest BCUT2D eigenvalue weighted by Gasteiger charge is 2.43. The second kappa shape index (κ2) is 14.8. The minimum Gasteiger partial charge on any atom is -0.370 e. The zero-order valence-corrected chi connectivity index (χ0v) is 15.8. The Morgan fingerprint density at radius 2 is 1.29 bits per heavy atom. The first-order valence-corrected chi connectivity index (χ1v) is 10.7. The molecule has 0 aromatic heterocycles. The standard InChI is InChI=1S/C18H33NO3Si.H4Si/c1-3-5-15-20-23(21-16-6-4-2,22-17-11-10-14-19)18-12-8-7-9-13-18;/h7-9,12-13H,3-6,10-11,14-17,19H2,1-2H3;1H4. The lowest BCUT2D eigenvalue weighted by molar-refractivity contribution is 0.0699. The van der Waals surface area contributed by atoms with Gasteiger partial charge in [0.1, 0.15) is 0 Å². The molecular weight excluding hydrogens is 334 g/mol. The van der Waals surface area contributed by atoms with E-state index in [9.17, 15) is 0 Å². The van der Waals surface area contributed by atoms with E-state index in [0.717, 1.165) is 43.7 Å². The van der Waals surface area contributed by atoms with Gasteiger partial charge in [0.25, 0.3) is 0 Å². The van der Waals surface area contributed by atoms with Gasteiger partial charge in [-0.3, -0.25) is 0 Å². The van der Waals surface area contributed by atoms with Crippen molar-refractivity contribution in [3.05, 3.63) is 30.3 Å². The molecule has 0 saturated carbocycles. The Bertz CT molecular complexity index is 383.